The minimum Gasteiger partial charge on any atom is -0.318 e. The van der Waals surface area contributed by atoms with E-state index in [1.807, 2.05) is 36.4 Å². The lowest BCUT2D eigenvalue weighted by atomic mass is 9.83. The average Bonchev–Trinajstić information content (AvgIpc) is 3.00. The zero-order chi connectivity index (χ0) is 27.0. The fourth-order valence-corrected chi connectivity index (χ4v) is 5.04. The second-order valence-corrected chi connectivity index (χ2v) is 9.17. The van der Waals surface area contributed by atoms with Crippen molar-refractivity contribution in [3.05, 3.63) is 176 Å². The van der Waals surface area contributed by atoms with Gasteiger partial charge in [0.25, 0.3) is 0 Å². The molecule has 0 saturated carbocycles. The van der Waals surface area contributed by atoms with E-state index in [9.17, 15) is 0 Å². The lowest BCUT2D eigenvalue weighted by Crippen LogP contribution is -2.12. The molecule has 0 atom stereocenters. The number of nitrogens with zero attached hydrogens (tertiary/aromatic N) is 1. The summed E-state index contributed by atoms with van der Waals surface area (Å²) in [7, 11) is 0. The first kappa shape index (κ1) is 25.5. The molecule has 1 heteroatoms. The molecule has 5 aromatic rings. The fourth-order valence-electron chi connectivity index (χ4n) is 5.04. The number of anilines is 1. The monoisotopic (exact) mass is 501 g/mol. The van der Waals surface area contributed by atoms with Gasteiger partial charge < -0.3 is 4.90 Å². The van der Waals surface area contributed by atoms with Crippen LogP contribution in [0.5, 0.6) is 0 Å². The molecule has 188 valence electrons. The van der Waals surface area contributed by atoms with Gasteiger partial charge in [-0.25, -0.2) is 0 Å². The Labute approximate surface area is 231 Å². The van der Waals surface area contributed by atoms with Gasteiger partial charge in [0.15, 0.2) is 0 Å². The summed E-state index contributed by atoms with van der Waals surface area (Å²) in [6, 6.07) is 40.1. The molecular formula is C38H31N. The van der Waals surface area contributed by atoms with Gasteiger partial charge in [-0.1, -0.05) is 141 Å². The van der Waals surface area contributed by atoms with Crippen molar-refractivity contribution >= 4 is 28.6 Å². The summed E-state index contributed by atoms with van der Waals surface area (Å²) in [5, 5.41) is 2.40. The Balaban J connectivity index is 1.83. The first-order valence-electron chi connectivity index (χ1n) is 13.1. The van der Waals surface area contributed by atoms with E-state index in [-0.39, 0.29) is 0 Å². The minimum absolute atomic E-state index is 0.836. The summed E-state index contributed by atoms with van der Waals surface area (Å²) < 4.78 is 0. The highest BCUT2D eigenvalue weighted by Gasteiger charge is 2.19. The van der Waals surface area contributed by atoms with Gasteiger partial charge in [0.1, 0.15) is 0 Å². The molecule has 0 aliphatic heterocycles. The Kier molecular flexibility index (Phi) is 7.81. The van der Waals surface area contributed by atoms with Crippen molar-refractivity contribution in [1.29, 1.82) is 0 Å². The van der Waals surface area contributed by atoms with Crippen LogP contribution < -0.4 is 4.90 Å². The van der Waals surface area contributed by atoms with Crippen LogP contribution in [0.3, 0.4) is 0 Å². The maximum Gasteiger partial charge on any atom is 0.0455 e. The second kappa shape index (κ2) is 11.9. The standard InChI is InChI=1S/C38H31N/c1-4-6-18-29(3)39(32-23-14-9-15-24-32)28-27-36-33(5-2)37(30-19-10-7-11-20-30)34-25-16-17-26-35(34)38(36)31-21-12-8-13-22-31/h4-28H,1-3H2/b18-6-,28-27+. The van der Waals surface area contributed by atoms with Crippen LogP contribution in [-0.4, -0.2) is 0 Å². The van der Waals surface area contributed by atoms with Crippen LogP contribution in [0.15, 0.2) is 165 Å². The molecule has 0 fully saturated rings. The molecule has 5 aromatic carbocycles. The van der Waals surface area contributed by atoms with Crippen LogP contribution in [0.2, 0.25) is 0 Å². The van der Waals surface area contributed by atoms with Gasteiger partial charge >= 0.3 is 0 Å². The van der Waals surface area contributed by atoms with Gasteiger partial charge in [-0.2, -0.15) is 0 Å². The van der Waals surface area contributed by atoms with Crippen LogP contribution in [0.25, 0.3) is 45.2 Å². The third-order valence-electron chi connectivity index (χ3n) is 6.78. The molecule has 1 nitrogen and oxygen atoms in total. The van der Waals surface area contributed by atoms with Gasteiger partial charge in [0.05, 0.1) is 0 Å². The zero-order valence-electron chi connectivity index (χ0n) is 22.0. The number of fused-ring (bicyclic) bond motifs is 1. The first-order valence-corrected chi connectivity index (χ1v) is 13.1. The average molecular weight is 502 g/mol. The van der Waals surface area contributed by atoms with Crippen molar-refractivity contribution in [2.75, 3.05) is 4.90 Å². The highest BCUT2D eigenvalue weighted by Crippen LogP contribution is 2.43. The van der Waals surface area contributed by atoms with Crippen LogP contribution in [0.4, 0.5) is 5.69 Å². The summed E-state index contributed by atoms with van der Waals surface area (Å²) in [4.78, 5) is 2.10. The maximum absolute atomic E-state index is 4.34. The van der Waals surface area contributed by atoms with Gasteiger partial charge in [0.2, 0.25) is 0 Å². The highest BCUT2D eigenvalue weighted by molar-refractivity contribution is 6.11. The summed E-state index contributed by atoms with van der Waals surface area (Å²) >= 11 is 0. The SMILES string of the molecule is C=C/C=C\C(=C)N(/C=C/c1c(C=C)c(-c2ccccc2)c2ccccc2c1-c1ccccc1)c1ccccc1. The van der Waals surface area contributed by atoms with Crippen molar-refractivity contribution in [3.8, 4) is 22.3 Å². The van der Waals surface area contributed by atoms with E-state index in [0.717, 1.165) is 33.6 Å². The molecular weight excluding hydrogens is 470 g/mol. The normalized spacial score (nSPS) is 11.2. The van der Waals surface area contributed by atoms with Crippen LogP contribution in [0.1, 0.15) is 11.1 Å². The Morgan fingerprint density at radius 3 is 1.59 bits per heavy atom. The van der Waals surface area contributed by atoms with Crippen molar-refractivity contribution in [3.63, 3.8) is 0 Å². The van der Waals surface area contributed by atoms with E-state index in [1.165, 1.54) is 21.9 Å². The number of hydrogen-bond acceptors (Lipinski definition) is 1. The maximum atomic E-state index is 4.34. The predicted octanol–water partition coefficient (Wildman–Crippen LogP) is 10.5. The van der Waals surface area contributed by atoms with E-state index in [1.54, 1.807) is 6.08 Å². The molecule has 0 aromatic heterocycles. The number of benzene rings is 5. The fraction of sp³-hybridized carbons (Fsp3) is 0. The zero-order valence-corrected chi connectivity index (χ0v) is 22.0. The van der Waals surface area contributed by atoms with Gasteiger partial charge in [-0.3, -0.25) is 0 Å². The first-order chi connectivity index (χ1) is 19.2. The quantitative estimate of drug-likeness (QED) is 0.182. The Hall–Kier alpha value is -5.14. The molecule has 0 spiro atoms. The predicted molar refractivity (Wildman–Crippen MR) is 171 cm³/mol. The smallest absolute Gasteiger partial charge is 0.0455 e. The number of rotatable bonds is 9. The minimum atomic E-state index is 0.836. The lowest BCUT2D eigenvalue weighted by molar-refractivity contribution is 1.22. The molecule has 0 aliphatic carbocycles. The number of para-hydroxylation sites is 1. The molecule has 0 heterocycles. The molecule has 0 aliphatic rings. The Bertz CT molecular complexity index is 1670. The molecule has 0 amide bonds. The lowest BCUT2D eigenvalue weighted by Gasteiger charge is -2.23. The molecule has 5 rings (SSSR count). The molecule has 0 N–H and O–H groups in total. The Morgan fingerprint density at radius 2 is 1.08 bits per heavy atom. The van der Waals surface area contributed by atoms with Gasteiger partial charge in [-0.05, 0) is 68.4 Å². The van der Waals surface area contributed by atoms with E-state index in [2.05, 4.69) is 134 Å². The topological polar surface area (TPSA) is 3.24 Å². The van der Waals surface area contributed by atoms with E-state index < -0.39 is 0 Å². The Morgan fingerprint density at radius 1 is 0.590 bits per heavy atom. The number of hydrogen-bond donors (Lipinski definition) is 0. The molecule has 0 unspecified atom stereocenters. The third kappa shape index (κ3) is 5.30. The highest BCUT2D eigenvalue weighted by atomic mass is 15.1. The van der Waals surface area contributed by atoms with Crippen molar-refractivity contribution in [2.24, 2.45) is 0 Å². The summed E-state index contributed by atoms with van der Waals surface area (Å²) in [5.74, 6) is 0. The van der Waals surface area contributed by atoms with E-state index in [4.69, 9.17) is 0 Å². The van der Waals surface area contributed by atoms with Crippen molar-refractivity contribution in [2.45, 2.75) is 0 Å². The molecule has 0 radical (unpaired) electrons. The second-order valence-electron chi connectivity index (χ2n) is 9.17. The van der Waals surface area contributed by atoms with Crippen molar-refractivity contribution < 1.29 is 0 Å². The number of allylic oxidation sites excluding steroid dienone is 3. The van der Waals surface area contributed by atoms with Crippen LogP contribution in [-0.2, 0) is 0 Å². The van der Waals surface area contributed by atoms with Crippen LogP contribution >= 0.6 is 0 Å². The summed E-state index contributed by atoms with van der Waals surface area (Å²) in [6.07, 6.45) is 11.9. The molecule has 0 saturated heterocycles. The summed E-state index contributed by atoms with van der Waals surface area (Å²) in [6.45, 7) is 12.5. The van der Waals surface area contributed by atoms with Crippen molar-refractivity contribution in [1.82, 2.24) is 0 Å². The largest absolute Gasteiger partial charge is 0.318 e. The molecule has 0 bridgehead atoms. The van der Waals surface area contributed by atoms with E-state index in [0.29, 0.717) is 0 Å². The third-order valence-corrected chi connectivity index (χ3v) is 6.78. The van der Waals surface area contributed by atoms with Gasteiger partial charge in [0, 0.05) is 17.6 Å². The summed E-state index contributed by atoms with van der Waals surface area (Å²) in [5.41, 5.74) is 8.74. The van der Waals surface area contributed by atoms with Crippen LogP contribution in [0, 0.1) is 0 Å². The molecule has 39 heavy (non-hydrogen) atoms. The van der Waals surface area contributed by atoms with Gasteiger partial charge in [-0.15, -0.1) is 0 Å². The van der Waals surface area contributed by atoms with E-state index >= 15 is 0 Å².